The van der Waals surface area contributed by atoms with E-state index in [9.17, 15) is 18.4 Å². The number of hydrogen-bond acceptors (Lipinski definition) is 2. The highest BCUT2D eigenvalue weighted by Crippen LogP contribution is 2.19. The third-order valence-corrected chi connectivity index (χ3v) is 3.24. The molecule has 0 heterocycles. The molecule has 0 aliphatic carbocycles. The lowest BCUT2D eigenvalue weighted by Crippen LogP contribution is -2.13. The number of halogens is 3. The number of benzene rings is 2. The minimum absolute atomic E-state index is 0.00755. The molecule has 0 bridgehead atoms. The van der Waals surface area contributed by atoms with Crippen molar-refractivity contribution in [1.82, 2.24) is 0 Å². The molecule has 2 aromatic rings. The Kier molecular flexibility index (Phi) is 5.22. The van der Waals surface area contributed by atoms with Gasteiger partial charge < -0.3 is 5.32 Å². The molecule has 1 N–H and O–H groups in total. The van der Waals surface area contributed by atoms with E-state index in [0.29, 0.717) is 11.3 Å². The first-order chi connectivity index (χ1) is 10.5. The lowest BCUT2D eigenvalue weighted by Gasteiger charge is -2.06. The zero-order valence-electron chi connectivity index (χ0n) is 11.4. The van der Waals surface area contributed by atoms with Crippen LogP contribution in [0.15, 0.2) is 42.5 Å². The second kappa shape index (κ2) is 7.13. The van der Waals surface area contributed by atoms with Gasteiger partial charge >= 0.3 is 0 Å². The Hall–Kier alpha value is -2.27. The molecule has 1 amide bonds. The van der Waals surface area contributed by atoms with Crippen LogP contribution < -0.4 is 5.32 Å². The van der Waals surface area contributed by atoms with E-state index in [1.807, 2.05) is 0 Å². The van der Waals surface area contributed by atoms with Crippen LogP contribution in [0, 0.1) is 11.6 Å². The fraction of sp³-hybridized carbons (Fsp3) is 0.125. The van der Waals surface area contributed by atoms with Crippen LogP contribution in [0.3, 0.4) is 0 Å². The molecule has 0 saturated heterocycles. The summed E-state index contributed by atoms with van der Waals surface area (Å²) in [7, 11) is 0. The maximum Gasteiger partial charge on any atom is 0.224 e. The Balaban J connectivity index is 1.88. The SMILES string of the molecule is O=C(CCC(=O)c1ccc(F)cc1)Nc1ccc(F)c(Cl)c1. The highest BCUT2D eigenvalue weighted by Gasteiger charge is 2.10. The average Bonchev–Trinajstić information content (AvgIpc) is 2.49. The summed E-state index contributed by atoms with van der Waals surface area (Å²) in [6, 6.07) is 8.92. The normalized spacial score (nSPS) is 10.3. The summed E-state index contributed by atoms with van der Waals surface area (Å²) >= 11 is 5.61. The fourth-order valence-corrected chi connectivity index (χ4v) is 1.99. The molecule has 114 valence electrons. The zero-order valence-corrected chi connectivity index (χ0v) is 12.2. The number of anilines is 1. The van der Waals surface area contributed by atoms with E-state index in [4.69, 9.17) is 11.6 Å². The smallest absolute Gasteiger partial charge is 0.224 e. The molecule has 6 heteroatoms. The number of Topliss-reactive ketones (excluding diaryl/α,β-unsaturated/α-hetero) is 1. The average molecular weight is 324 g/mol. The molecule has 0 saturated carbocycles. The zero-order chi connectivity index (χ0) is 16.1. The topological polar surface area (TPSA) is 46.2 Å². The molecule has 2 aromatic carbocycles. The van der Waals surface area contributed by atoms with Gasteiger partial charge in [0.15, 0.2) is 5.78 Å². The van der Waals surface area contributed by atoms with Gasteiger partial charge in [-0.05, 0) is 42.5 Å². The summed E-state index contributed by atoms with van der Waals surface area (Å²) in [5.74, 6) is -1.65. The van der Waals surface area contributed by atoms with Crippen LogP contribution in [-0.4, -0.2) is 11.7 Å². The summed E-state index contributed by atoms with van der Waals surface area (Å²) in [4.78, 5) is 23.6. The van der Waals surface area contributed by atoms with E-state index < -0.39 is 17.5 Å². The minimum atomic E-state index is -0.578. The summed E-state index contributed by atoms with van der Waals surface area (Å²) in [6.07, 6.45) is -0.0440. The van der Waals surface area contributed by atoms with Crippen LogP contribution in [0.4, 0.5) is 14.5 Å². The lowest BCUT2D eigenvalue weighted by atomic mass is 10.1. The van der Waals surface area contributed by atoms with E-state index in [2.05, 4.69) is 5.32 Å². The van der Waals surface area contributed by atoms with Crippen molar-refractivity contribution in [2.75, 3.05) is 5.32 Å². The van der Waals surface area contributed by atoms with Crippen LogP contribution >= 0.6 is 11.6 Å². The molecule has 2 rings (SSSR count). The van der Waals surface area contributed by atoms with Gasteiger partial charge in [0.2, 0.25) is 5.91 Å². The van der Waals surface area contributed by atoms with E-state index in [1.165, 1.54) is 36.4 Å². The van der Waals surface area contributed by atoms with Crippen LogP contribution in [0.1, 0.15) is 23.2 Å². The molecule has 0 aromatic heterocycles. The molecule has 0 radical (unpaired) electrons. The predicted molar refractivity (Wildman–Crippen MR) is 80.0 cm³/mol. The maximum atomic E-state index is 13.0. The van der Waals surface area contributed by atoms with Gasteiger partial charge in [-0.15, -0.1) is 0 Å². The second-order valence-corrected chi connectivity index (χ2v) is 5.01. The van der Waals surface area contributed by atoms with Crippen molar-refractivity contribution in [3.8, 4) is 0 Å². The minimum Gasteiger partial charge on any atom is -0.326 e. The van der Waals surface area contributed by atoms with Crippen molar-refractivity contribution >= 4 is 29.0 Å². The van der Waals surface area contributed by atoms with Crippen molar-refractivity contribution in [2.45, 2.75) is 12.8 Å². The molecule has 0 fully saturated rings. The van der Waals surface area contributed by atoms with E-state index >= 15 is 0 Å². The van der Waals surface area contributed by atoms with Crippen molar-refractivity contribution in [3.05, 3.63) is 64.7 Å². The highest BCUT2D eigenvalue weighted by molar-refractivity contribution is 6.31. The largest absolute Gasteiger partial charge is 0.326 e. The number of carbonyl (C=O) groups excluding carboxylic acids is 2. The first kappa shape index (κ1) is 16.1. The van der Waals surface area contributed by atoms with E-state index in [1.54, 1.807) is 0 Å². The molecule has 0 aliphatic heterocycles. The molecule has 3 nitrogen and oxygen atoms in total. The van der Waals surface area contributed by atoms with Gasteiger partial charge in [0, 0.05) is 24.1 Å². The molecule has 0 aliphatic rings. The Morgan fingerprint density at radius 2 is 1.68 bits per heavy atom. The van der Waals surface area contributed by atoms with Crippen LogP contribution in [-0.2, 0) is 4.79 Å². The molecule has 0 spiro atoms. The van der Waals surface area contributed by atoms with Gasteiger partial charge in [0.25, 0.3) is 0 Å². The molecule has 22 heavy (non-hydrogen) atoms. The number of carbonyl (C=O) groups is 2. The summed E-state index contributed by atoms with van der Waals surface area (Å²) in [5.41, 5.74) is 0.699. The summed E-state index contributed by atoms with van der Waals surface area (Å²) < 4.78 is 25.7. The number of ketones is 1. The maximum absolute atomic E-state index is 13.0. The molecule has 0 atom stereocenters. The molecule has 0 unspecified atom stereocenters. The van der Waals surface area contributed by atoms with Gasteiger partial charge in [-0.25, -0.2) is 8.78 Å². The monoisotopic (exact) mass is 323 g/mol. The van der Waals surface area contributed by atoms with Crippen molar-refractivity contribution in [3.63, 3.8) is 0 Å². The Morgan fingerprint density at radius 1 is 1.00 bits per heavy atom. The number of nitrogens with one attached hydrogen (secondary N) is 1. The van der Waals surface area contributed by atoms with Gasteiger partial charge in [-0.1, -0.05) is 11.6 Å². The Bertz CT molecular complexity index is 702. The molecular formula is C16H12ClF2NO2. The first-order valence-corrected chi connectivity index (χ1v) is 6.87. The van der Waals surface area contributed by atoms with Gasteiger partial charge in [-0.2, -0.15) is 0 Å². The van der Waals surface area contributed by atoms with Gasteiger partial charge in [-0.3, -0.25) is 9.59 Å². The van der Waals surface area contributed by atoms with Gasteiger partial charge in [0.1, 0.15) is 11.6 Å². The number of amides is 1. The van der Waals surface area contributed by atoms with Crippen LogP contribution in [0.5, 0.6) is 0 Å². The van der Waals surface area contributed by atoms with Gasteiger partial charge in [0.05, 0.1) is 5.02 Å². The lowest BCUT2D eigenvalue weighted by molar-refractivity contribution is -0.116. The number of hydrogen-bond donors (Lipinski definition) is 1. The van der Waals surface area contributed by atoms with Crippen LogP contribution in [0.2, 0.25) is 5.02 Å². The van der Waals surface area contributed by atoms with Crippen molar-refractivity contribution in [2.24, 2.45) is 0 Å². The summed E-state index contributed by atoms with van der Waals surface area (Å²) in [6.45, 7) is 0. The third-order valence-electron chi connectivity index (χ3n) is 2.95. The fourth-order valence-electron chi connectivity index (χ4n) is 1.80. The van der Waals surface area contributed by atoms with E-state index in [0.717, 1.165) is 6.07 Å². The van der Waals surface area contributed by atoms with Crippen molar-refractivity contribution in [1.29, 1.82) is 0 Å². The molecular weight excluding hydrogens is 312 g/mol. The Labute approximate surface area is 130 Å². The predicted octanol–water partition coefficient (Wildman–Crippen LogP) is 4.22. The highest BCUT2D eigenvalue weighted by atomic mass is 35.5. The Morgan fingerprint density at radius 3 is 2.32 bits per heavy atom. The second-order valence-electron chi connectivity index (χ2n) is 4.61. The first-order valence-electron chi connectivity index (χ1n) is 6.49. The van der Waals surface area contributed by atoms with E-state index in [-0.39, 0.29) is 23.6 Å². The standard InChI is InChI=1S/C16H12ClF2NO2/c17-13-9-12(5-6-14(13)19)20-16(22)8-7-15(21)10-1-3-11(18)4-2-10/h1-6,9H,7-8H2,(H,20,22). The third kappa shape index (κ3) is 4.36. The van der Waals surface area contributed by atoms with Crippen molar-refractivity contribution < 1.29 is 18.4 Å². The number of rotatable bonds is 5. The quantitative estimate of drug-likeness (QED) is 0.837. The summed E-state index contributed by atoms with van der Waals surface area (Å²) in [5, 5.41) is 2.43. The van der Waals surface area contributed by atoms with Crippen LogP contribution in [0.25, 0.3) is 0 Å².